The van der Waals surface area contributed by atoms with E-state index in [0.29, 0.717) is 5.02 Å². The van der Waals surface area contributed by atoms with Gasteiger partial charge in [0.1, 0.15) is 5.75 Å². The second-order valence-electron chi connectivity index (χ2n) is 6.06. The van der Waals surface area contributed by atoms with E-state index in [1.807, 2.05) is 37.3 Å². The van der Waals surface area contributed by atoms with Crippen molar-refractivity contribution in [3.8, 4) is 5.75 Å². The maximum absolute atomic E-state index is 6.08. The number of rotatable bonds is 3. The summed E-state index contributed by atoms with van der Waals surface area (Å²) in [5.41, 5.74) is 3.31. The fourth-order valence-corrected chi connectivity index (χ4v) is 3.35. The quantitative estimate of drug-likeness (QED) is 0.812. The number of nitrogens with one attached hydrogen (secondary N) is 1. The lowest BCUT2D eigenvalue weighted by molar-refractivity contribution is 0.390. The summed E-state index contributed by atoms with van der Waals surface area (Å²) >= 11 is 11.7. The Morgan fingerprint density at radius 3 is 2.40 bits per heavy atom. The molecule has 25 heavy (non-hydrogen) atoms. The number of methoxy groups -OCH3 is 1. The Labute approximate surface area is 159 Å². The van der Waals surface area contributed by atoms with Crippen molar-refractivity contribution >= 4 is 40.3 Å². The number of anilines is 2. The number of nitrogens with zero attached hydrogens (tertiary/aromatic N) is 2. The summed E-state index contributed by atoms with van der Waals surface area (Å²) in [6.45, 7) is 5.68. The Bertz CT molecular complexity index is 743. The minimum Gasteiger partial charge on any atom is -0.497 e. The van der Waals surface area contributed by atoms with Gasteiger partial charge in [-0.2, -0.15) is 0 Å². The zero-order valence-corrected chi connectivity index (χ0v) is 16.0. The van der Waals surface area contributed by atoms with Crippen LogP contribution < -0.4 is 15.0 Å². The Hall–Kier alpha value is -1.98. The highest BCUT2D eigenvalue weighted by Gasteiger charge is 2.19. The number of ether oxygens (including phenoxy) is 1. The molecule has 1 aliphatic heterocycles. The van der Waals surface area contributed by atoms with Gasteiger partial charge in [-0.1, -0.05) is 17.7 Å². The zero-order chi connectivity index (χ0) is 17.8. The third kappa shape index (κ3) is 4.35. The molecule has 0 atom stereocenters. The van der Waals surface area contributed by atoms with Crippen LogP contribution in [0.2, 0.25) is 5.02 Å². The highest BCUT2D eigenvalue weighted by atomic mass is 35.5. The van der Waals surface area contributed by atoms with E-state index in [9.17, 15) is 0 Å². The molecule has 2 aromatic rings. The minimum atomic E-state index is 0.709. The Morgan fingerprint density at radius 2 is 1.76 bits per heavy atom. The molecule has 2 aromatic carbocycles. The normalized spacial score (nSPS) is 14.4. The molecule has 0 aromatic heterocycles. The van der Waals surface area contributed by atoms with Gasteiger partial charge in [-0.25, -0.2) is 0 Å². The SMILES string of the molecule is COc1ccc(N2CCN(C(=S)Nc3cc(Cl)ccc3C)CC2)cc1. The molecule has 0 bridgehead atoms. The molecule has 0 unspecified atom stereocenters. The number of hydrogen-bond donors (Lipinski definition) is 1. The molecule has 6 heteroatoms. The monoisotopic (exact) mass is 375 g/mol. The average Bonchev–Trinajstić information content (AvgIpc) is 2.65. The number of benzene rings is 2. The first-order chi connectivity index (χ1) is 12.1. The van der Waals surface area contributed by atoms with Crippen molar-refractivity contribution in [1.82, 2.24) is 4.90 Å². The van der Waals surface area contributed by atoms with Crippen LogP contribution in [0.5, 0.6) is 5.75 Å². The summed E-state index contributed by atoms with van der Waals surface area (Å²) < 4.78 is 5.22. The van der Waals surface area contributed by atoms with E-state index < -0.39 is 0 Å². The smallest absolute Gasteiger partial charge is 0.173 e. The molecular formula is C19H22ClN3OS. The molecule has 1 N–H and O–H groups in total. The van der Waals surface area contributed by atoms with E-state index in [4.69, 9.17) is 28.6 Å². The summed E-state index contributed by atoms with van der Waals surface area (Å²) in [5, 5.41) is 4.79. The van der Waals surface area contributed by atoms with Gasteiger partial charge >= 0.3 is 0 Å². The number of aryl methyl sites for hydroxylation is 1. The van der Waals surface area contributed by atoms with E-state index in [1.54, 1.807) is 7.11 Å². The Morgan fingerprint density at radius 1 is 1.08 bits per heavy atom. The Kier molecular flexibility index (Phi) is 5.66. The molecule has 132 valence electrons. The van der Waals surface area contributed by atoms with Gasteiger partial charge in [-0.05, 0) is 61.1 Å². The van der Waals surface area contributed by atoms with Crippen LogP contribution in [-0.2, 0) is 0 Å². The highest BCUT2D eigenvalue weighted by molar-refractivity contribution is 7.80. The van der Waals surface area contributed by atoms with Crippen LogP contribution >= 0.6 is 23.8 Å². The van der Waals surface area contributed by atoms with Gasteiger partial charge in [0.25, 0.3) is 0 Å². The van der Waals surface area contributed by atoms with Crippen LogP contribution in [0.3, 0.4) is 0 Å². The first-order valence-corrected chi connectivity index (χ1v) is 9.06. The first kappa shape index (κ1) is 17.8. The lowest BCUT2D eigenvalue weighted by atomic mass is 10.2. The molecule has 1 saturated heterocycles. The van der Waals surface area contributed by atoms with Crippen molar-refractivity contribution in [2.75, 3.05) is 43.5 Å². The van der Waals surface area contributed by atoms with Crippen molar-refractivity contribution in [1.29, 1.82) is 0 Å². The maximum atomic E-state index is 6.08. The molecule has 1 fully saturated rings. The third-order valence-corrected chi connectivity index (χ3v) is 5.04. The van der Waals surface area contributed by atoms with Gasteiger partial charge in [0, 0.05) is 42.6 Å². The summed E-state index contributed by atoms with van der Waals surface area (Å²) in [4.78, 5) is 4.57. The van der Waals surface area contributed by atoms with Crippen molar-refractivity contribution in [2.24, 2.45) is 0 Å². The molecule has 0 radical (unpaired) electrons. The lowest BCUT2D eigenvalue weighted by Crippen LogP contribution is -2.50. The molecule has 0 aliphatic carbocycles. The second-order valence-corrected chi connectivity index (χ2v) is 6.88. The van der Waals surface area contributed by atoms with Gasteiger partial charge in [-0.3, -0.25) is 0 Å². The van der Waals surface area contributed by atoms with E-state index in [1.165, 1.54) is 5.69 Å². The molecular weight excluding hydrogens is 354 g/mol. The topological polar surface area (TPSA) is 27.7 Å². The van der Waals surface area contributed by atoms with Crippen LogP contribution in [0.15, 0.2) is 42.5 Å². The molecule has 0 saturated carbocycles. The van der Waals surface area contributed by atoms with Crippen LogP contribution in [0.25, 0.3) is 0 Å². The number of halogens is 1. The van der Waals surface area contributed by atoms with Crippen LogP contribution in [0.4, 0.5) is 11.4 Å². The summed E-state index contributed by atoms with van der Waals surface area (Å²) in [5.74, 6) is 0.879. The first-order valence-electron chi connectivity index (χ1n) is 8.28. The predicted octanol–water partition coefficient (Wildman–Crippen LogP) is 4.18. The van der Waals surface area contributed by atoms with Crippen molar-refractivity contribution in [2.45, 2.75) is 6.92 Å². The highest BCUT2D eigenvalue weighted by Crippen LogP contribution is 2.22. The van der Waals surface area contributed by atoms with Crippen LogP contribution in [-0.4, -0.2) is 43.3 Å². The molecule has 0 spiro atoms. The second kappa shape index (κ2) is 7.93. The molecule has 1 aliphatic rings. The number of hydrogen-bond acceptors (Lipinski definition) is 3. The van der Waals surface area contributed by atoms with Gasteiger partial charge in [0.05, 0.1) is 7.11 Å². The standard InChI is InChI=1S/C19H22ClN3OS/c1-14-3-4-15(20)13-18(14)21-19(25)23-11-9-22(10-12-23)16-5-7-17(24-2)8-6-16/h3-8,13H,9-12H2,1-2H3,(H,21,25). The maximum Gasteiger partial charge on any atom is 0.173 e. The van der Waals surface area contributed by atoms with Gasteiger partial charge in [0.15, 0.2) is 5.11 Å². The van der Waals surface area contributed by atoms with Crippen molar-refractivity contribution < 1.29 is 4.74 Å². The van der Waals surface area contributed by atoms with E-state index >= 15 is 0 Å². The molecule has 4 nitrogen and oxygen atoms in total. The van der Waals surface area contributed by atoms with Gasteiger partial charge < -0.3 is 19.9 Å². The minimum absolute atomic E-state index is 0.709. The van der Waals surface area contributed by atoms with E-state index in [2.05, 4.69) is 27.2 Å². The predicted molar refractivity (Wildman–Crippen MR) is 109 cm³/mol. The molecule has 0 amide bonds. The van der Waals surface area contributed by atoms with Crippen LogP contribution in [0.1, 0.15) is 5.56 Å². The fourth-order valence-electron chi connectivity index (χ4n) is 2.88. The zero-order valence-electron chi connectivity index (χ0n) is 14.5. The van der Waals surface area contributed by atoms with Gasteiger partial charge in [-0.15, -0.1) is 0 Å². The van der Waals surface area contributed by atoms with Gasteiger partial charge in [0.2, 0.25) is 0 Å². The number of thiocarbonyl (C=S) groups is 1. The van der Waals surface area contributed by atoms with Crippen molar-refractivity contribution in [3.63, 3.8) is 0 Å². The summed E-state index contributed by atoms with van der Waals surface area (Å²) in [6.07, 6.45) is 0. The summed E-state index contributed by atoms with van der Waals surface area (Å²) in [6, 6.07) is 14.0. The third-order valence-electron chi connectivity index (χ3n) is 4.45. The van der Waals surface area contributed by atoms with E-state index in [0.717, 1.165) is 48.3 Å². The van der Waals surface area contributed by atoms with Crippen molar-refractivity contribution in [3.05, 3.63) is 53.1 Å². The fraction of sp³-hybridized carbons (Fsp3) is 0.316. The average molecular weight is 376 g/mol. The Balaban J connectivity index is 1.57. The molecule has 1 heterocycles. The van der Waals surface area contributed by atoms with Crippen LogP contribution in [0, 0.1) is 6.92 Å². The number of piperazine rings is 1. The molecule has 3 rings (SSSR count). The lowest BCUT2D eigenvalue weighted by Gasteiger charge is -2.37. The summed E-state index contributed by atoms with van der Waals surface area (Å²) in [7, 11) is 1.68. The largest absolute Gasteiger partial charge is 0.497 e. The van der Waals surface area contributed by atoms with E-state index in [-0.39, 0.29) is 0 Å².